The Balaban J connectivity index is 1.99. The zero-order chi connectivity index (χ0) is 16.3. The molecule has 0 amide bonds. The Kier molecular flexibility index (Phi) is 4.81. The third-order valence-corrected chi connectivity index (χ3v) is 3.31. The molecule has 1 aromatic carbocycles. The van der Waals surface area contributed by atoms with Crippen molar-refractivity contribution in [3.8, 4) is 5.75 Å². The molecule has 0 bridgehead atoms. The van der Waals surface area contributed by atoms with E-state index in [9.17, 15) is 4.39 Å². The first kappa shape index (κ1) is 16.4. The van der Waals surface area contributed by atoms with E-state index in [1.54, 1.807) is 6.07 Å². The van der Waals surface area contributed by atoms with Gasteiger partial charge >= 0.3 is 0 Å². The minimum Gasteiger partial charge on any atom is -0.494 e. The molecule has 0 spiro atoms. The molecule has 0 fully saturated rings. The van der Waals surface area contributed by atoms with Crippen LogP contribution in [0.4, 0.5) is 4.39 Å². The summed E-state index contributed by atoms with van der Waals surface area (Å²) in [5, 5.41) is 7.24. The highest BCUT2D eigenvalue weighted by Crippen LogP contribution is 2.21. The van der Waals surface area contributed by atoms with Crippen LogP contribution in [0.15, 0.2) is 22.7 Å². The minimum atomic E-state index is -0.373. The molecule has 0 saturated carbocycles. The third-order valence-electron chi connectivity index (χ3n) is 3.31. The molecular formula is C16H22FN3O2. The van der Waals surface area contributed by atoms with Gasteiger partial charge in [-0.2, -0.15) is 4.98 Å². The Labute approximate surface area is 129 Å². The lowest BCUT2D eigenvalue weighted by atomic mass is 9.96. The Morgan fingerprint density at radius 3 is 2.64 bits per heavy atom. The van der Waals surface area contributed by atoms with E-state index in [-0.39, 0.29) is 23.0 Å². The van der Waals surface area contributed by atoms with E-state index in [1.807, 2.05) is 33.8 Å². The van der Waals surface area contributed by atoms with Gasteiger partial charge in [0.05, 0.1) is 13.2 Å². The lowest BCUT2D eigenvalue weighted by Crippen LogP contribution is -2.19. The van der Waals surface area contributed by atoms with Crippen molar-refractivity contribution in [3.05, 3.63) is 41.3 Å². The highest BCUT2D eigenvalue weighted by atomic mass is 19.1. The van der Waals surface area contributed by atoms with E-state index < -0.39 is 0 Å². The van der Waals surface area contributed by atoms with Crippen LogP contribution >= 0.6 is 0 Å². The fourth-order valence-electron chi connectivity index (χ4n) is 1.89. The first-order valence-corrected chi connectivity index (χ1v) is 7.21. The molecule has 1 unspecified atom stereocenters. The van der Waals surface area contributed by atoms with E-state index in [4.69, 9.17) is 9.26 Å². The number of hydrogen-bond donors (Lipinski definition) is 1. The van der Waals surface area contributed by atoms with Gasteiger partial charge in [0, 0.05) is 12.0 Å². The van der Waals surface area contributed by atoms with Crippen LogP contribution in [0.3, 0.4) is 0 Å². The Morgan fingerprint density at radius 1 is 1.36 bits per heavy atom. The van der Waals surface area contributed by atoms with Crippen molar-refractivity contribution in [2.45, 2.75) is 45.7 Å². The summed E-state index contributed by atoms with van der Waals surface area (Å²) in [7, 11) is 1.45. The number of nitrogens with one attached hydrogen (secondary N) is 1. The maximum absolute atomic E-state index is 13.6. The van der Waals surface area contributed by atoms with Gasteiger partial charge in [0.1, 0.15) is 0 Å². The highest BCUT2D eigenvalue weighted by Gasteiger charge is 2.22. The van der Waals surface area contributed by atoms with Crippen molar-refractivity contribution < 1.29 is 13.7 Å². The fraction of sp³-hybridized carbons (Fsp3) is 0.500. The number of rotatable bonds is 5. The van der Waals surface area contributed by atoms with Crippen LogP contribution in [-0.2, 0) is 12.0 Å². The molecule has 0 aliphatic rings. The lowest BCUT2D eigenvalue weighted by Gasteiger charge is -2.12. The number of methoxy groups -OCH3 is 1. The predicted molar refractivity (Wildman–Crippen MR) is 81.2 cm³/mol. The molecule has 0 aliphatic heterocycles. The van der Waals surface area contributed by atoms with E-state index in [2.05, 4.69) is 15.5 Å². The summed E-state index contributed by atoms with van der Waals surface area (Å²) >= 11 is 0. The Hall–Kier alpha value is -1.95. The van der Waals surface area contributed by atoms with Crippen LogP contribution in [0, 0.1) is 5.82 Å². The van der Waals surface area contributed by atoms with Crippen LogP contribution in [-0.4, -0.2) is 17.3 Å². The molecule has 0 radical (unpaired) electrons. The first-order valence-electron chi connectivity index (χ1n) is 7.21. The minimum absolute atomic E-state index is 0.117. The van der Waals surface area contributed by atoms with Crippen LogP contribution in [0.25, 0.3) is 0 Å². The molecule has 1 N–H and O–H groups in total. The topological polar surface area (TPSA) is 60.2 Å². The Bertz CT molecular complexity index is 635. The average Bonchev–Trinajstić information content (AvgIpc) is 2.95. The highest BCUT2D eigenvalue weighted by molar-refractivity contribution is 5.29. The number of benzene rings is 1. The van der Waals surface area contributed by atoms with Gasteiger partial charge in [0.15, 0.2) is 17.4 Å². The van der Waals surface area contributed by atoms with E-state index in [0.29, 0.717) is 18.3 Å². The molecule has 0 aliphatic carbocycles. The first-order chi connectivity index (χ1) is 10.3. The van der Waals surface area contributed by atoms with Gasteiger partial charge in [-0.25, -0.2) is 4.39 Å². The van der Waals surface area contributed by atoms with E-state index in [1.165, 1.54) is 13.2 Å². The maximum atomic E-state index is 13.6. The number of aromatic nitrogens is 2. The van der Waals surface area contributed by atoms with Gasteiger partial charge in [-0.3, -0.25) is 0 Å². The van der Waals surface area contributed by atoms with Crippen LogP contribution < -0.4 is 10.1 Å². The summed E-state index contributed by atoms with van der Waals surface area (Å²) in [6, 6.07) is 4.76. The summed E-state index contributed by atoms with van der Waals surface area (Å²) in [6.45, 7) is 8.51. The monoisotopic (exact) mass is 307 g/mol. The van der Waals surface area contributed by atoms with Crippen molar-refractivity contribution in [3.63, 3.8) is 0 Å². The summed E-state index contributed by atoms with van der Waals surface area (Å²) in [6.07, 6.45) is 0. The summed E-state index contributed by atoms with van der Waals surface area (Å²) in [4.78, 5) is 4.40. The summed E-state index contributed by atoms with van der Waals surface area (Å²) < 4.78 is 23.8. The number of nitrogens with zero attached hydrogens (tertiary/aromatic N) is 2. The van der Waals surface area contributed by atoms with Gasteiger partial charge in [0.2, 0.25) is 5.89 Å². The molecule has 120 valence electrons. The van der Waals surface area contributed by atoms with Crippen molar-refractivity contribution in [1.82, 2.24) is 15.5 Å². The average molecular weight is 307 g/mol. The second-order valence-electron chi connectivity index (χ2n) is 6.28. The van der Waals surface area contributed by atoms with Gasteiger partial charge in [0.25, 0.3) is 0 Å². The maximum Gasteiger partial charge on any atom is 0.243 e. The standard InChI is InChI=1S/C16H22FN3O2/c1-10(14-19-15(20-22-14)16(2,3)4)18-9-11-6-7-13(21-5)12(17)8-11/h6-8,10,18H,9H2,1-5H3. The van der Waals surface area contributed by atoms with Crippen LogP contribution in [0.2, 0.25) is 0 Å². The largest absolute Gasteiger partial charge is 0.494 e. The Morgan fingerprint density at radius 2 is 2.09 bits per heavy atom. The number of halogens is 1. The number of hydrogen-bond acceptors (Lipinski definition) is 5. The van der Waals surface area contributed by atoms with Crippen molar-refractivity contribution in [2.75, 3.05) is 7.11 Å². The second-order valence-corrected chi connectivity index (χ2v) is 6.28. The molecule has 0 saturated heterocycles. The predicted octanol–water partition coefficient (Wildman–Crippen LogP) is 3.37. The third kappa shape index (κ3) is 3.82. The molecule has 1 aromatic heterocycles. The van der Waals surface area contributed by atoms with Crippen molar-refractivity contribution >= 4 is 0 Å². The SMILES string of the molecule is COc1ccc(CNC(C)c2nc(C(C)(C)C)no2)cc1F. The molecule has 1 heterocycles. The summed E-state index contributed by atoms with van der Waals surface area (Å²) in [5.74, 6) is 1.07. The van der Waals surface area contributed by atoms with Crippen LogP contribution in [0.5, 0.6) is 5.75 Å². The molecule has 5 nitrogen and oxygen atoms in total. The van der Waals surface area contributed by atoms with Gasteiger partial charge in [-0.1, -0.05) is 32.0 Å². The molecular weight excluding hydrogens is 285 g/mol. The molecule has 2 rings (SSSR count). The zero-order valence-electron chi connectivity index (χ0n) is 13.6. The van der Waals surface area contributed by atoms with Gasteiger partial charge in [-0.05, 0) is 24.6 Å². The fourth-order valence-corrected chi connectivity index (χ4v) is 1.89. The van der Waals surface area contributed by atoms with Gasteiger partial charge in [-0.15, -0.1) is 0 Å². The van der Waals surface area contributed by atoms with Crippen molar-refractivity contribution in [1.29, 1.82) is 0 Å². The van der Waals surface area contributed by atoms with Gasteiger partial charge < -0.3 is 14.6 Å². The van der Waals surface area contributed by atoms with E-state index in [0.717, 1.165) is 5.56 Å². The second kappa shape index (κ2) is 6.44. The number of ether oxygens (including phenoxy) is 1. The quantitative estimate of drug-likeness (QED) is 0.917. The zero-order valence-corrected chi connectivity index (χ0v) is 13.6. The molecule has 6 heteroatoms. The molecule has 22 heavy (non-hydrogen) atoms. The summed E-state index contributed by atoms with van der Waals surface area (Å²) in [5.41, 5.74) is 0.668. The smallest absolute Gasteiger partial charge is 0.243 e. The van der Waals surface area contributed by atoms with Crippen LogP contribution in [0.1, 0.15) is 51.0 Å². The van der Waals surface area contributed by atoms with Crippen molar-refractivity contribution in [2.24, 2.45) is 0 Å². The normalized spacial score (nSPS) is 13.2. The van der Waals surface area contributed by atoms with E-state index >= 15 is 0 Å². The molecule has 1 atom stereocenters. The lowest BCUT2D eigenvalue weighted by molar-refractivity contribution is 0.330. The molecule has 2 aromatic rings.